The Bertz CT molecular complexity index is 587. The van der Waals surface area contributed by atoms with Crippen LogP contribution in [0.25, 0.3) is 11.1 Å². The lowest BCUT2D eigenvalue weighted by molar-refractivity contribution is 0.416. The van der Waals surface area contributed by atoms with Crippen LogP contribution in [0.3, 0.4) is 0 Å². The van der Waals surface area contributed by atoms with Gasteiger partial charge < -0.3 is 10.1 Å². The minimum atomic E-state index is 0.732. The summed E-state index contributed by atoms with van der Waals surface area (Å²) in [6, 6.07) is 4.24. The summed E-state index contributed by atoms with van der Waals surface area (Å²) in [7, 11) is 3.64. The molecular formula is C15H21N3O. The van der Waals surface area contributed by atoms with E-state index in [1.807, 2.05) is 14.0 Å². The molecule has 1 heterocycles. The van der Waals surface area contributed by atoms with Crippen molar-refractivity contribution in [3.63, 3.8) is 0 Å². The lowest BCUT2D eigenvalue weighted by Crippen LogP contribution is -2.07. The third kappa shape index (κ3) is 2.49. The second kappa shape index (κ2) is 5.45. The van der Waals surface area contributed by atoms with Gasteiger partial charge in [-0.1, -0.05) is 6.07 Å². The molecule has 102 valence electrons. The number of hydrogen-bond acceptors (Lipinski definition) is 3. The minimum Gasteiger partial charge on any atom is -0.496 e. The van der Waals surface area contributed by atoms with Crippen LogP contribution in [0, 0.1) is 20.8 Å². The van der Waals surface area contributed by atoms with Crippen LogP contribution < -0.4 is 10.1 Å². The number of ether oxygens (including phenoxy) is 1. The average molecular weight is 259 g/mol. The maximum atomic E-state index is 5.56. The average Bonchev–Trinajstić information content (AvgIpc) is 2.71. The van der Waals surface area contributed by atoms with Crippen molar-refractivity contribution >= 4 is 0 Å². The number of nitrogens with one attached hydrogen (secondary N) is 2. The summed E-state index contributed by atoms with van der Waals surface area (Å²) < 4.78 is 5.56. The van der Waals surface area contributed by atoms with Crippen LogP contribution in [0.4, 0.5) is 0 Å². The zero-order valence-corrected chi connectivity index (χ0v) is 12.2. The molecule has 0 unspecified atom stereocenters. The van der Waals surface area contributed by atoms with E-state index >= 15 is 0 Å². The predicted octanol–water partition coefficient (Wildman–Crippen LogP) is 2.73. The van der Waals surface area contributed by atoms with Gasteiger partial charge in [-0.3, -0.25) is 5.10 Å². The molecule has 0 amide bonds. The van der Waals surface area contributed by atoms with Gasteiger partial charge in [0.25, 0.3) is 0 Å². The maximum Gasteiger partial charge on any atom is 0.127 e. The van der Waals surface area contributed by atoms with E-state index in [0.717, 1.165) is 34.8 Å². The molecule has 0 aliphatic carbocycles. The van der Waals surface area contributed by atoms with Gasteiger partial charge in [0.2, 0.25) is 0 Å². The van der Waals surface area contributed by atoms with Crippen molar-refractivity contribution in [2.24, 2.45) is 0 Å². The molecule has 0 fully saturated rings. The molecule has 1 aromatic carbocycles. The Labute approximate surface area is 114 Å². The van der Waals surface area contributed by atoms with Gasteiger partial charge in [-0.2, -0.15) is 5.10 Å². The van der Waals surface area contributed by atoms with E-state index in [1.54, 1.807) is 7.11 Å². The van der Waals surface area contributed by atoms with E-state index in [9.17, 15) is 0 Å². The van der Waals surface area contributed by atoms with E-state index in [2.05, 4.69) is 41.5 Å². The second-order valence-corrected chi connectivity index (χ2v) is 4.86. The molecule has 0 aliphatic rings. The number of methoxy groups -OCH3 is 1. The monoisotopic (exact) mass is 259 g/mol. The van der Waals surface area contributed by atoms with Crippen LogP contribution in [-0.2, 0) is 6.54 Å². The molecule has 0 bridgehead atoms. The highest BCUT2D eigenvalue weighted by Crippen LogP contribution is 2.37. The molecule has 4 heteroatoms. The Morgan fingerprint density at radius 3 is 2.58 bits per heavy atom. The molecule has 2 rings (SSSR count). The number of rotatable bonds is 4. The largest absolute Gasteiger partial charge is 0.496 e. The molecular weight excluding hydrogens is 238 g/mol. The molecule has 1 aromatic heterocycles. The second-order valence-electron chi connectivity index (χ2n) is 4.86. The lowest BCUT2D eigenvalue weighted by atomic mass is 9.95. The summed E-state index contributed by atoms with van der Waals surface area (Å²) in [5, 5.41) is 10.6. The lowest BCUT2D eigenvalue weighted by Gasteiger charge is -2.14. The van der Waals surface area contributed by atoms with E-state index in [-0.39, 0.29) is 0 Å². The first-order valence-corrected chi connectivity index (χ1v) is 6.42. The normalized spacial score (nSPS) is 10.8. The molecule has 2 N–H and O–H groups in total. The zero-order chi connectivity index (χ0) is 14.0. The highest BCUT2D eigenvalue weighted by Gasteiger charge is 2.18. The standard InChI is InChI=1S/C15H21N3O/c1-9-6-10(2)14(13(7-9)19-5)15-11(3)17-18-12(15)8-16-4/h6-7,16H,8H2,1-5H3,(H,17,18). The molecule has 2 aromatic rings. The number of H-pyrrole nitrogens is 1. The van der Waals surface area contributed by atoms with Crippen molar-refractivity contribution in [3.8, 4) is 16.9 Å². The fourth-order valence-corrected chi connectivity index (χ4v) is 2.52. The first kappa shape index (κ1) is 13.6. The van der Waals surface area contributed by atoms with Gasteiger partial charge in [-0.05, 0) is 45.0 Å². The fourth-order valence-electron chi connectivity index (χ4n) is 2.52. The third-order valence-corrected chi connectivity index (χ3v) is 3.28. The molecule has 0 atom stereocenters. The van der Waals surface area contributed by atoms with E-state index in [4.69, 9.17) is 4.74 Å². The Kier molecular flexibility index (Phi) is 3.90. The van der Waals surface area contributed by atoms with Gasteiger partial charge in [-0.15, -0.1) is 0 Å². The summed E-state index contributed by atoms with van der Waals surface area (Å²) in [6.45, 7) is 6.97. The van der Waals surface area contributed by atoms with Crippen LogP contribution in [0.1, 0.15) is 22.5 Å². The van der Waals surface area contributed by atoms with E-state index in [0.29, 0.717) is 0 Å². The van der Waals surface area contributed by atoms with Crippen molar-refractivity contribution in [2.75, 3.05) is 14.2 Å². The smallest absolute Gasteiger partial charge is 0.127 e. The summed E-state index contributed by atoms with van der Waals surface area (Å²) in [5.41, 5.74) is 6.77. The van der Waals surface area contributed by atoms with Crippen molar-refractivity contribution in [3.05, 3.63) is 34.6 Å². The predicted molar refractivity (Wildman–Crippen MR) is 77.6 cm³/mol. The number of nitrogens with zero attached hydrogens (tertiary/aromatic N) is 1. The van der Waals surface area contributed by atoms with Crippen LogP contribution in [0.2, 0.25) is 0 Å². The van der Waals surface area contributed by atoms with Gasteiger partial charge >= 0.3 is 0 Å². The van der Waals surface area contributed by atoms with E-state index in [1.165, 1.54) is 11.1 Å². The summed E-state index contributed by atoms with van der Waals surface area (Å²) in [4.78, 5) is 0. The summed E-state index contributed by atoms with van der Waals surface area (Å²) >= 11 is 0. The zero-order valence-electron chi connectivity index (χ0n) is 12.2. The highest BCUT2D eigenvalue weighted by atomic mass is 16.5. The van der Waals surface area contributed by atoms with Gasteiger partial charge in [0.1, 0.15) is 5.75 Å². The minimum absolute atomic E-state index is 0.732. The third-order valence-electron chi connectivity index (χ3n) is 3.28. The summed E-state index contributed by atoms with van der Waals surface area (Å²) in [5.74, 6) is 0.902. The number of benzene rings is 1. The number of aromatic nitrogens is 2. The quantitative estimate of drug-likeness (QED) is 0.887. The molecule has 0 aliphatic heterocycles. The Morgan fingerprint density at radius 2 is 1.95 bits per heavy atom. The van der Waals surface area contributed by atoms with Crippen LogP contribution >= 0.6 is 0 Å². The van der Waals surface area contributed by atoms with Crippen LogP contribution in [0.15, 0.2) is 12.1 Å². The van der Waals surface area contributed by atoms with Crippen molar-refractivity contribution in [2.45, 2.75) is 27.3 Å². The van der Waals surface area contributed by atoms with E-state index < -0.39 is 0 Å². The van der Waals surface area contributed by atoms with Gasteiger partial charge in [0, 0.05) is 23.4 Å². The van der Waals surface area contributed by atoms with Gasteiger partial charge in [-0.25, -0.2) is 0 Å². The topological polar surface area (TPSA) is 49.9 Å². The fraction of sp³-hybridized carbons (Fsp3) is 0.400. The molecule has 4 nitrogen and oxygen atoms in total. The maximum absolute atomic E-state index is 5.56. The van der Waals surface area contributed by atoms with Crippen molar-refractivity contribution in [1.29, 1.82) is 0 Å². The summed E-state index contributed by atoms with van der Waals surface area (Å²) in [6.07, 6.45) is 0. The molecule has 0 spiro atoms. The number of hydrogen-bond donors (Lipinski definition) is 2. The Hall–Kier alpha value is -1.81. The highest BCUT2D eigenvalue weighted by molar-refractivity contribution is 5.78. The van der Waals surface area contributed by atoms with Crippen molar-refractivity contribution in [1.82, 2.24) is 15.5 Å². The Balaban J connectivity index is 2.67. The van der Waals surface area contributed by atoms with Crippen molar-refractivity contribution < 1.29 is 4.74 Å². The van der Waals surface area contributed by atoms with Gasteiger partial charge in [0.05, 0.1) is 12.8 Å². The SMILES string of the molecule is CNCc1n[nH]c(C)c1-c1c(C)cc(C)cc1OC. The molecule has 0 saturated heterocycles. The molecule has 0 radical (unpaired) electrons. The number of aryl methyl sites for hydroxylation is 3. The molecule has 0 saturated carbocycles. The Morgan fingerprint density at radius 1 is 1.21 bits per heavy atom. The first-order valence-electron chi connectivity index (χ1n) is 6.42. The number of aromatic amines is 1. The van der Waals surface area contributed by atoms with Crippen LogP contribution in [-0.4, -0.2) is 24.4 Å². The van der Waals surface area contributed by atoms with Gasteiger partial charge in [0.15, 0.2) is 0 Å². The first-order chi connectivity index (χ1) is 9.08. The molecule has 19 heavy (non-hydrogen) atoms. The van der Waals surface area contributed by atoms with Crippen LogP contribution in [0.5, 0.6) is 5.75 Å².